The highest BCUT2D eigenvalue weighted by atomic mass is 35.5. The number of carbonyl (C=O) groups is 1. The zero-order chi connectivity index (χ0) is 15.0. The van der Waals surface area contributed by atoms with Gasteiger partial charge >= 0.3 is 0 Å². The summed E-state index contributed by atoms with van der Waals surface area (Å²) < 4.78 is 15.6. The Bertz CT molecular complexity index is 695. The van der Waals surface area contributed by atoms with Gasteiger partial charge in [-0.15, -0.1) is 0 Å². The van der Waals surface area contributed by atoms with Crippen LogP contribution >= 0.6 is 11.6 Å². The first kappa shape index (κ1) is 13.8. The number of allylic oxidation sites excluding steroid dienone is 2. The molecule has 0 amide bonds. The van der Waals surface area contributed by atoms with E-state index in [-0.39, 0.29) is 28.5 Å². The molecule has 2 aromatic rings. The van der Waals surface area contributed by atoms with Gasteiger partial charge in [0.15, 0.2) is 5.78 Å². The van der Waals surface area contributed by atoms with Gasteiger partial charge in [-0.3, -0.25) is 4.79 Å². The van der Waals surface area contributed by atoms with Crippen molar-refractivity contribution in [3.63, 3.8) is 0 Å². The minimum Gasteiger partial charge on any atom is -0.510 e. The van der Waals surface area contributed by atoms with Crippen LogP contribution in [0.3, 0.4) is 0 Å². The maximum atomic E-state index is 14.2. The van der Waals surface area contributed by atoms with Crippen LogP contribution in [0.15, 0.2) is 42.7 Å². The molecule has 0 radical (unpaired) electrons. The van der Waals surface area contributed by atoms with Crippen LogP contribution in [0.4, 0.5) is 4.39 Å². The van der Waals surface area contributed by atoms with Gasteiger partial charge in [-0.05, 0) is 12.1 Å². The number of hydrogen-bond acceptors (Lipinski definition) is 4. The highest BCUT2D eigenvalue weighted by Crippen LogP contribution is 2.42. The average Bonchev–Trinajstić information content (AvgIpc) is 2.91. The summed E-state index contributed by atoms with van der Waals surface area (Å²) in [5, 5.41) is 14.3. The quantitative estimate of drug-likeness (QED) is 0.926. The van der Waals surface area contributed by atoms with E-state index in [1.54, 1.807) is 6.07 Å². The second kappa shape index (κ2) is 5.29. The van der Waals surface area contributed by atoms with Crippen LogP contribution in [0.2, 0.25) is 5.02 Å². The lowest BCUT2D eigenvalue weighted by Crippen LogP contribution is -2.27. The molecule has 5 nitrogen and oxygen atoms in total. The fraction of sp³-hybridized carbons (Fsp3) is 0.214. The highest BCUT2D eigenvalue weighted by Gasteiger charge is 2.37. The number of benzene rings is 1. The van der Waals surface area contributed by atoms with Crippen LogP contribution < -0.4 is 0 Å². The molecule has 0 bridgehead atoms. The molecule has 1 aromatic heterocycles. The summed E-state index contributed by atoms with van der Waals surface area (Å²) >= 11 is 6.09. The molecular formula is C14H11ClFN3O2. The van der Waals surface area contributed by atoms with E-state index < -0.39 is 17.8 Å². The van der Waals surface area contributed by atoms with E-state index in [0.717, 1.165) is 6.08 Å². The van der Waals surface area contributed by atoms with Crippen LogP contribution in [-0.4, -0.2) is 25.7 Å². The Labute approximate surface area is 124 Å². The maximum Gasteiger partial charge on any atom is 0.159 e. The highest BCUT2D eigenvalue weighted by molar-refractivity contribution is 6.31. The van der Waals surface area contributed by atoms with Gasteiger partial charge in [0.05, 0.1) is 0 Å². The molecule has 0 spiro atoms. The summed E-state index contributed by atoms with van der Waals surface area (Å²) in [5.41, 5.74) is 0.202. The Morgan fingerprint density at radius 2 is 2.24 bits per heavy atom. The Morgan fingerprint density at radius 1 is 1.43 bits per heavy atom. The molecule has 1 aliphatic carbocycles. The predicted molar refractivity (Wildman–Crippen MR) is 73.5 cm³/mol. The van der Waals surface area contributed by atoms with E-state index in [1.165, 1.54) is 29.5 Å². The van der Waals surface area contributed by atoms with Crippen molar-refractivity contribution in [3.8, 4) is 0 Å². The smallest absolute Gasteiger partial charge is 0.159 e. The summed E-state index contributed by atoms with van der Waals surface area (Å²) in [6.45, 7) is 0. The van der Waals surface area contributed by atoms with Crippen LogP contribution in [0.1, 0.15) is 23.9 Å². The Balaban J connectivity index is 2.15. The lowest BCUT2D eigenvalue weighted by atomic mass is 9.82. The SMILES string of the molecule is O=C1C=C(O)[C@H](n2cncn2)[C@@H](c2c(F)cccc2Cl)C1. The van der Waals surface area contributed by atoms with Crippen molar-refractivity contribution < 1.29 is 14.3 Å². The third-order valence-electron chi connectivity index (χ3n) is 3.51. The first-order chi connectivity index (χ1) is 10.1. The molecule has 3 rings (SSSR count). The summed E-state index contributed by atoms with van der Waals surface area (Å²) in [6, 6.07) is 3.61. The van der Waals surface area contributed by atoms with Crippen LogP contribution in [0, 0.1) is 5.82 Å². The molecule has 1 N–H and O–H groups in total. The lowest BCUT2D eigenvalue weighted by molar-refractivity contribution is -0.116. The van der Waals surface area contributed by atoms with Crippen molar-refractivity contribution in [3.05, 3.63) is 59.1 Å². The second-order valence-corrected chi connectivity index (χ2v) is 5.21. The molecule has 108 valence electrons. The number of halogens is 2. The average molecular weight is 308 g/mol. The lowest BCUT2D eigenvalue weighted by Gasteiger charge is -2.30. The number of hydrogen-bond donors (Lipinski definition) is 1. The van der Waals surface area contributed by atoms with E-state index >= 15 is 0 Å². The first-order valence-electron chi connectivity index (χ1n) is 6.29. The molecule has 7 heteroatoms. The van der Waals surface area contributed by atoms with Gasteiger partial charge in [-0.2, -0.15) is 5.10 Å². The summed E-state index contributed by atoms with van der Waals surface area (Å²) in [5.74, 6) is -1.62. The normalized spacial score (nSPS) is 22.2. The monoisotopic (exact) mass is 307 g/mol. The Morgan fingerprint density at radius 3 is 2.90 bits per heavy atom. The molecule has 0 saturated heterocycles. The van der Waals surface area contributed by atoms with E-state index in [9.17, 15) is 14.3 Å². The zero-order valence-corrected chi connectivity index (χ0v) is 11.5. The number of rotatable bonds is 2. The van der Waals surface area contributed by atoms with Crippen molar-refractivity contribution in [1.29, 1.82) is 0 Å². The van der Waals surface area contributed by atoms with Crippen LogP contribution in [0.25, 0.3) is 0 Å². The fourth-order valence-corrected chi connectivity index (χ4v) is 2.95. The minimum atomic E-state index is -0.709. The minimum absolute atomic E-state index is 0.0369. The second-order valence-electron chi connectivity index (χ2n) is 4.80. The van der Waals surface area contributed by atoms with Gasteiger partial charge in [-0.25, -0.2) is 14.1 Å². The van der Waals surface area contributed by atoms with E-state index in [2.05, 4.69) is 10.1 Å². The molecule has 0 fully saturated rings. The number of carbonyl (C=O) groups excluding carboxylic acids is 1. The molecule has 21 heavy (non-hydrogen) atoms. The van der Waals surface area contributed by atoms with Gasteiger partial charge < -0.3 is 5.11 Å². The molecule has 0 saturated carbocycles. The van der Waals surface area contributed by atoms with Gasteiger partial charge in [0.1, 0.15) is 30.3 Å². The number of aliphatic hydroxyl groups is 1. The van der Waals surface area contributed by atoms with E-state index in [4.69, 9.17) is 11.6 Å². The Kier molecular flexibility index (Phi) is 3.47. The molecular weight excluding hydrogens is 297 g/mol. The summed E-state index contributed by atoms with van der Waals surface area (Å²) in [7, 11) is 0. The Hall–Kier alpha value is -2.21. The standard InChI is InChI=1S/C14H11ClFN3O2/c15-10-2-1-3-11(16)13(10)9-4-8(20)5-12(21)14(9)19-7-17-6-18-19/h1-3,5-7,9,14,21H,4H2/t9-,14-/m1/s1. The predicted octanol–water partition coefficient (Wildman–Crippen LogP) is 2.81. The van der Waals surface area contributed by atoms with Crippen molar-refractivity contribution in [2.75, 3.05) is 0 Å². The van der Waals surface area contributed by atoms with Crippen molar-refractivity contribution in [2.45, 2.75) is 18.4 Å². The van der Waals surface area contributed by atoms with Gasteiger partial charge in [0.2, 0.25) is 0 Å². The molecule has 0 aliphatic heterocycles. The van der Waals surface area contributed by atoms with Gasteiger partial charge in [-0.1, -0.05) is 17.7 Å². The molecule has 1 aliphatic rings. The number of aromatic nitrogens is 3. The largest absolute Gasteiger partial charge is 0.510 e. The molecule has 1 aromatic carbocycles. The van der Waals surface area contributed by atoms with E-state index in [0.29, 0.717) is 0 Å². The van der Waals surface area contributed by atoms with Crippen LogP contribution in [-0.2, 0) is 4.79 Å². The van der Waals surface area contributed by atoms with Crippen LogP contribution in [0.5, 0.6) is 0 Å². The number of aliphatic hydroxyl groups excluding tert-OH is 1. The maximum absolute atomic E-state index is 14.2. The van der Waals surface area contributed by atoms with E-state index in [1.807, 2.05) is 0 Å². The number of ketones is 1. The number of nitrogens with zero attached hydrogens (tertiary/aromatic N) is 3. The fourth-order valence-electron chi connectivity index (χ4n) is 2.65. The third kappa shape index (κ3) is 2.42. The summed E-state index contributed by atoms with van der Waals surface area (Å²) in [4.78, 5) is 15.6. The van der Waals surface area contributed by atoms with Crippen molar-refractivity contribution in [2.24, 2.45) is 0 Å². The van der Waals surface area contributed by atoms with Crippen molar-refractivity contribution in [1.82, 2.24) is 14.8 Å². The molecule has 0 unspecified atom stereocenters. The first-order valence-corrected chi connectivity index (χ1v) is 6.67. The molecule has 2 atom stereocenters. The topological polar surface area (TPSA) is 68.0 Å². The summed E-state index contributed by atoms with van der Waals surface area (Å²) in [6.07, 6.45) is 3.89. The van der Waals surface area contributed by atoms with Gasteiger partial charge in [0, 0.05) is 29.0 Å². The zero-order valence-electron chi connectivity index (χ0n) is 10.8. The van der Waals surface area contributed by atoms with Crippen molar-refractivity contribution >= 4 is 17.4 Å². The van der Waals surface area contributed by atoms with Gasteiger partial charge in [0.25, 0.3) is 0 Å². The molecule has 1 heterocycles. The third-order valence-corrected chi connectivity index (χ3v) is 3.84.